The molecule has 0 bridgehead atoms. The third kappa shape index (κ3) is 2.23. The number of benzene rings is 1. The maximum atomic E-state index is 5.21. The van der Waals surface area contributed by atoms with Gasteiger partial charge in [-0.25, -0.2) is 0 Å². The lowest BCUT2D eigenvalue weighted by Crippen LogP contribution is -2.34. The largest absolute Gasteiger partial charge is 0.497 e. The summed E-state index contributed by atoms with van der Waals surface area (Å²) in [5, 5.41) is 6.73. The number of hydrogen-bond acceptors (Lipinski definition) is 3. The highest BCUT2D eigenvalue weighted by molar-refractivity contribution is 5.56. The van der Waals surface area contributed by atoms with E-state index in [0.29, 0.717) is 6.04 Å². The standard InChI is InChI=1S/C12H18N2O/c1-13-8-10-4-3-9-7-11(15-2)5-6-12(9)14-10/h5-7,10,13-14H,3-4,8H2,1-2H3. The Kier molecular flexibility index (Phi) is 3.11. The predicted octanol–water partition coefficient (Wildman–Crippen LogP) is 1.64. The Morgan fingerprint density at radius 3 is 3.13 bits per heavy atom. The van der Waals surface area contributed by atoms with Gasteiger partial charge < -0.3 is 15.4 Å². The first-order chi connectivity index (χ1) is 7.33. The molecule has 15 heavy (non-hydrogen) atoms. The summed E-state index contributed by atoms with van der Waals surface area (Å²) in [6.45, 7) is 1.02. The Balaban J connectivity index is 2.13. The molecule has 1 heterocycles. The first-order valence-corrected chi connectivity index (χ1v) is 5.41. The minimum Gasteiger partial charge on any atom is -0.497 e. The molecule has 1 aliphatic rings. The Hall–Kier alpha value is -1.22. The number of fused-ring (bicyclic) bond motifs is 1. The Morgan fingerprint density at radius 1 is 1.53 bits per heavy atom. The van der Waals surface area contributed by atoms with Gasteiger partial charge in [0, 0.05) is 18.3 Å². The number of nitrogens with one attached hydrogen (secondary N) is 2. The van der Waals surface area contributed by atoms with Gasteiger partial charge in [0.25, 0.3) is 0 Å². The fourth-order valence-electron chi connectivity index (χ4n) is 2.07. The summed E-state index contributed by atoms with van der Waals surface area (Å²) in [5.41, 5.74) is 2.61. The maximum absolute atomic E-state index is 5.21. The molecular weight excluding hydrogens is 188 g/mol. The highest BCUT2D eigenvalue weighted by Gasteiger charge is 2.16. The Labute approximate surface area is 90.8 Å². The van der Waals surface area contributed by atoms with Gasteiger partial charge in [0.15, 0.2) is 0 Å². The minimum absolute atomic E-state index is 0.552. The van der Waals surface area contributed by atoms with E-state index in [2.05, 4.69) is 22.8 Å². The summed E-state index contributed by atoms with van der Waals surface area (Å²) in [6.07, 6.45) is 2.31. The molecule has 0 fully saturated rings. The van der Waals surface area contributed by atoms with Crippen LogP contribution in [0.25, 0.3) is 0 Å². The highest BCUT2D eigenvalue weighted by Crippen LogP contribution is 2.28. The Bertz CT molecular complexity index is 338. The van der Waals surface area contributed by atoms with Crippen molar-refractivity contribution in [2.24, 2.45) is 0 Å². The highest BCUT2D eigenvalue weighted by atomic mass is 16.5. The fourth-order valence-corrected chi connectivity index (χ4v) is 2.07. The number of hydrogen-bond donors (Lipinski definition) is 2. The van der Waals surface area contributed by atoms with E-state index in [1.54, 1.807) is 7.11 Å². The molecule has 2 N–H and O–H groups in total. The molecule has 1 aromatic carbocycles. The van der Waals surface area contributed by atoms with Crippen LogP contribution in [0.4, 0.5) is 5.69 Å². The molecule has 0 saturated heterocycles. The molecule has 0 spiro atoms. The van der Waals surface area contributed by atoms with Gasteiger partial charge >= 0.3 is 0 Å². The number of rotatable bonds is 3. The van der Waals surface area contributed by atoms with Gasteiger partial charge in [0.1, 0.15) is 5.75 Å². The van der Waals surface area contributed by atoms with Gasteiger partial charge in [-0.15, -0.1) is 0 Å². The number of methoxy groups -OCH3 is 1. The van der Waals surface area contributed by atoms with Gasteiger partial charge in [0.2, 0.25) is 0 Å². The van der Waals surface area contributed by atoms with E-state index in [9.17, 15) is 0 Å². The summed E-state index contributed by atoms with van der Waals surface area (Å²) >= 11 is 0. The summed E-state index contributed by atoms with van der Waals surface area (Å²) in [7, 11) is 3.70. The smallest absolute Gasteiger partial charge is 0.119 e. The van der Waals surface area contributed by atoms with Crippen LogP contribution < -0.4 is 15.4 Å². The summed E-state index contributed by atoms with van der Waals surface area (Å²) in [5.74, 6) is 0.947. The molecule has 1 atom stereocenters. The maximum Gasteiger partial charge on any atom is 0.119 e. The molecule has 0 aromatic heterocycles. The van der Waals surface area contributed by atoms with Gasteiger partial charge in [-0.2, -0.15) is 0 Å². The van der Waals surface area contributed by atoms with Crippen molar-refractivity contribution in [2.75, 3.05) is 26.0 Å². The van der Waals surface area contributed by atoms with Crippen LogP contribution in [0.15, 0.2) is 18.2 Å². The van der Waals surface area contributed by atoms with E-state index in [4.69, 9.17) is 4.74 Å². The van der Waals surface area contributed by atoms with Crippen LogP contribution in [-0.2, 0) is 6.42 Å². The van der Waals surface area contributed by atoms with Crippen molar-refractivity contribution in [2.45, 2.75) is 18.9 Å². The quantitative estimate of drug-likeness (QED) is 0.789. The molecule has 0 radical (unpaired) electrons. The van der Waals surface area contributed by atoms with Crippen molar-refractivity contribution in [1.82, 2.24) is 5.32 Å². The van der Waals surface area contributed by atoms with Gasteiger partial charge in [0.05, 0.1) is 7.11 Å². The molecule has 1 aliphatic heterocycles. The van der Waals surface area contributed by atoms with Crippen LogP contribution in [0, 0.1) is 0 Å². The van der Waals surface area contributed by atoms with Crippen LogP contribution in [0.2, 0.25) is 0 Å². The van der Waals surface area contributed by atoms with Crippen molar-refractivity contribution in [1.29, 1.82) is 0 Å². The van der Waals surface area contributed by atoms with E-state index >= 15 is 0 Å². The van der Waals surface area contributed by atoms with Crippen LogP contribution >= 0.6 is 0 Å². The van der Waals surface area contributed by atoms with Gasteiger partial charge in [-0.1, -0.05) is 0 Å². The van der Waals surface area contributed by atoms with Crippen molar-refractivity contribution >= 4 is 5.69 Å². The number of anilines is 1. The van der Waals surface area contributed by atoms with Crippen molar-refractivity contribution in [3.63, 3.8) is 0 Å². The first-order valence-electron chi connectivity index (χ1n) is 5.41. The van der Waals surface area contributed by atoms with E-state index in [1.165, 1.54) is 17.7 Å². The van der Waals surface area contributed by atoms with Crippen molar-refractivity contribution < 1.29 is 4.74 Å². The summed E-state index contributed by atoms with van der Waals surface area (Å²) in [4.78, 5) is 0. The molecule has 3 heteroatoms. The first kappa shape index (κ1) is 10.3. The predicted molar refractivity (Wildman–Crippen MR) is 62.7 cm³/mol. The van der Waals surface area contributed by atoms with Gasteiger partial charge in [-0.3, -0.25) is 0 Å². The SMILES string of the molecule is CNCC1CCc2cc(OC)ccc2N1. The van der Waals surface area contributed by atoms with E-state index in [1.807, 2.05) is 13.1 Å². The number of ether oxygens (including phenoxy) is 1. The van der Waals surface area contributed by atoms with Crippen LogP contribution in [0.5, 0.6) is 5.75 Å². The molecule has 3 nitrogen and oxygen atoms in total. The van der Waals surface area contributed by atoms with E-state index < -0.39 is 0 Å². The molecule has 1 aromatic rings. The second-order valence-corrected chi connectivity index (χ2v) is 3.96. The lowest BCUT2D eigenvalue weighted by Gasteiger charge is -2.27. The topological polar surface area (TPSA) is 33.3 Å². The fraction of sp³-hybridized carbons (Fsp3) is 0.500. The zero-order valence-corrected chi connectivity index (χ0v) is 9.34. The molecule has 0 amide bonds. The van der Waals surface area contributed by atoms with Crippen LogP contribution in [0.1, 0.15) is 12.0 Å². The zero-order chi connectivity index (χ0) is 10.7. The number of aryl methyl sites for hydroxylation is 1. The minimum atomic E-state index is 0.552. The average Bonchev–Trinajstić information content (AvgIpc) is 2.29. The summed E-state index contributed by atoms with van der Waals surface area (Å²) in [6, 6.07) is 6.79. The van der Waals surface area contributed by atoms with Gasteiger partial charge in [-0.05, 0) is 43.7 Å². The molecule has 1 unspecified atom stereocenters. The lowest BCUT2D eigenvalue weighted by molar-refractivity contribution is 0.414. The molecule has 0 aliphatic carbocycles. The van der Waals surface area contributed by atoms with E-state index in [-0.39, 0.29) is 0 Å². The molecule has 2 rings (SSSR count). The molecule has 0 saturated carbocycles. The molecule has 82 valence electrons. The molecular formula is C12H18N2O. The third-order valence-corrected chi connectivity index (χ3v) is 2.88. The van der Waals surface area contributed by atoms with Crippen molar-refractivity contribution in [3.05, 3.63) is 23.8 Å². The van der Waals surface area contributed by atoms with E-state index in [0.717, 1.165) is 18.7 Å². The average molecular weight is 206 g/mol. The van der Waals surface area contributed by atoms with Crippen molar-refractivity contribution in [3.8, 4) is 5.75 Å². The zero-order valence-electron chi connectivity index (χ0n) is 9.34. The second kappa shape index (κ2) is 4.53. The Morgan fingerprint density at radius 2 is 2.40 bits per heavy atom. The summed E-state index contributed by atoms with van der Waals surface area (Å²) < 4.78 is 5.21. The normalized spacial score (nSPS) is 19.2. The second-order valence-electron chi connectivity index (χ2n) is 3.96. The monoisotopic (exact) mass is 206 g/mol. The third-order valence-electron chi connectivity index (χ3n) is 2.88. The number of likely N-dealkylation sites (N-methyl/N-ethyl adjacent to an activating group) is 1. The van der Waals surface area contributed by atoms with Crippen LogP contribution in [-0.4, -0.2) is 26.7 Å². The van der Waals surface area contributed by atoms with Crippen LogP contribution in [0.3, 0.4) is 0 Å². The lowest BCUT2D eigenvalue weighted by atomic mass is 9.98.